The summed E-state index contributed by atoms with van der Waals surface area (Å²) in [6.45, 7) is 1.92. The van der Waals surface area contributed by atoms with Gasteiger partial charge in [-0.2, -0.15) is 5.26 Å². The quantitative estimate of drug-likeness (QED) is 0.854. The molecule has 1 heterocycles. The third kappa shape index (κ3) is 2.55. The number of fused-ring (bicyclic) bond motifs is 1. The zero-order valence-corrected chi connectivity index (χ0v) is 12.0. The highest BCUT2D eigenvalue weighted by atomic mass is 16.5. The minimum atomic E-state index is 0.357. The number of benzene rings is 1. The van der Waals surface area contributed by atoms with Crippen molar-refractivity contribution in [2.45, 2.75) is 32.6 Å². The number of anilines is 1. The Morgan fingerprint density at radius 3 is 2.90 bits per heavy atom. The summed E-state index contributed by atoms with van der Waals surface area (Å²) in [5.74, 6) is 0.908. The number of ether oxygens (including phenoxy) is 1. The van der Waals surface area contributed by atoms with E-state index in [1.54, 1.807) is 6.07 Å². The number of para-hydroxylation sites is 1. The summed E-state index contributed by atoms with van der Waals surface area (Å²) in [5.41, 5.74) is 10.2. The maximum atomic E-state index is 9.32. The zero-order valence-electron chi connectivity index (χ0n) is 12.0. The Bertz CT molecular complexity index is 732. The number of hydrogen-bond acceptors (Lipinski definition) is 4. The molecule has 2 N–H and O–H groups in total. The highest BCUT2D eigenvalue weighted by Crippen LogP contribution is 2.32. The molecule has 2 aromatic rings. The predicted molar refractivity (Wildman–Crippen MR) is 81.3 cm³/mol. The number of nitrogen functional groups attached to an aromatic ring is 1. The summed E-state index contributed by atoms with van der Waals surface area (Å²) in [5, 5.41) is 9.32. The predicted octanol–water partition coefficient (Wildman–Crippen LogP) is 3.52. The van der Waals surface area contributed by atoms with Gasteiger partial charge in [0.1, 0.15) is 11.6 Å². The average Bonchev–Trinajstić information content (AvgIpc) is 2.51. The van der Waals surface area contributed by atoms with E-state index < -0.39 is 0 Å². The second-order valence-corrected chi connectivity index (χ2v) is 5.35. The van der Waals surface area contributed by atoms with Crippen molar-refractivity contribution in [3.63, 3.8) is 0 Å². The van der Waals surface area contributed by atoms with Crippen molar-refractivity contribution in [1.29, 1.82) is 5.26 Å². The molecule has 0 radical (unpaired) electrons. The Labute approximate surface area is 124 Å². The minimum Gasteiger partial charge on any atom is -0.435 e. The summed E-state index contributed by atoms with van der Waals surface area (Å²) in [4.78, 5) is 4.55. The molecule has 0 spiro atoms. The summed E-state index contributed by atoms with van der Waals surface area (Å²) >= 11 is 0. The second kappa shape index (κ2) is 5.45. The van der Waals surface area contributed by atoms with E-state index in [2.05, 4.69) is 11.1 Å². The van der Waals surface area contributed by atoms with Crippen molar-refractivity contribution in [1.82, 2.24) is 4.98 Å². The number of rotatable bonds is 2. The first-order chi connectivity index (χ1) is 10.2. The molecule has 1 aromatic heterocycles. The van der Waals surface area contributed by atoms with Crippen LogP contribution in [0.3, 0.4) is 0 Å². The lowest BCUT2D eigenvalue weighted by molar-refractivity contribution is 0.458. The van der Waals surface area contributed by atoms with Crippen molar-refractivity contribution in [3.8, 4) is 17.7 Å². The smallest absolute Gasteiger partial charge is 0.237 e. The van der Waals surface area contributed by atoms with Crippen molar-refractivity contribution < 1.29 is 4.74 Å². The molecule has 1 aliphatic rings. The third-order valence-electron chi connectivity index (χ3n) is 3.88. The lowest BCUT2D eigenvalue weighted by atomic mass is 9.95. The molecule has 4 heteroatoms. The van der Waals surface area contributed by atoms with Gasteiger partial charge in [0, 0.05) is 5.69 Å². The first kappa shape index (κ1) is 13.4. The van der Waals surface area contributed by atoms with E-state index in [0.717, 1.165) is 36.9 Å². The van der Waals surface area contributed by atoms with Gasteiger partial charge in [0.2, 0.25) is 5.88 Å². The van der Waals surface area contributed by atoms with Crippen molar-refractivity contribution >= 4 is 5.69 Å². The number of nitriles is 1. The van der Waals surface area contributed by atoms with E-state index in [0.29, 0.717) is 22.9 Å². The number of nitrogens with zero attached hydrogens (tertiary/aromatic N) is 2. The SMILES string of the molecule is Cc1cccc(Oc2nc3c(cc2C#N)CCCC3)c1N. The van der Waals surface area contributed by atoms with E-state index in [-0.39, 0.29) is 0 Å². The summed E-state index contributed by atoms with van der Waals surface area (Å²) in [6, 6.07) is 9.68. The van der Waals surface area contributed by atoms with Crippen LogP contribution in [0.4, 0.5) is 5.69 Å². The van der Waals surface area contributed by atoms with Crippen LogP contribution < -0.4 is 10.5 Å². The summed E-state index contributed by atoms with van der Waals surface area (Å²) in [7, 11) is 0. The van der Waals surface area contributed by atoms with Gasteiger partial charge in [-0.3, -0.25) is 0 Å². The number of pyridine rings is 1. The number of aromatic nitrogens is 1. The van der Waals surface area contributed by atoms with E-state index in [1.165, 1.54) is 5.56 Å². The third-order valence-corrected chi connectivity index (χ3v) is 3.88. The second-order valence-electron chi connectivity index (χ2n) is 5.35. The molecule has 1 aliphatic carbocycles. The van der Waals surface area contributed by atoms with Crippen LogP contribution in [0.2, 0.25) is 0 Å². The molecule has 0 saturated heterocycles. The van der Waals surface area contributed by atoms with Gasteiger partial charge in [-0.05, 0) is 55.9 Å². The van der Waals surface area contributed by atoms with Gasteiger partial charge in [-0.1, -0.05) is 12.1 Å². The monoisotopic (exact) mass is 279 g/mol. The molecule has 0 aliphatic heterocycles. The van der Waals surface area contributed by atoms with Crippen molar-refractivity contribution in [3.05, 3.63) is 46.6 Å². The zero-order chi connectivity index (χ0) is 14.8. The van der Waals surface area contributed by atoms with Crippen LogP contribution in [0.5, 0.6) is 11.6 Å². The fraction of sp³-hybridized carbons (Fsp3) is 0.294. The standard InChI is InChI=1S/C17H17N3O/c1-11-5-4-8-15(16(11)19)21-17-13(10-18)9-12-6-2-3-7-14(12)20-17/h4-5,8-9H,2-3,6-7,19H2,1H3. The van der Waals surface area contributed by atoms with Gasteiger partial charge >= 0.3 is 0 Å². The molecular formula is C17H17N3O. The van der Waals surface area contributed by atoms with E-state index in [1.807, 2.05) is 25.1 Å². The Balaban J connectivity index is 2.02. The van der Waals surface area contributed by atoms with Crippen LogP contribution in [0, 0.1) is 18.3 Å². The van der Waals surface area contributed by atoms with Gasteiger partial charge in [0.25, 0.3) is 0 Å². The highest BCUT2D eigenvalue weighted by Gasteiger charge is 2.17. The Kier molecular flexibility index (Phi) is 3.49. The van der Waals surface area contributed by atoms with Crippen LogP contribution in [-0.2, 0) is 12.8 Å². The molecule has 0 unspecified atom stereocenters. The average molecular weight is 279 g/mol. The molecule has 4 nitrogen and oxygen atoms in total. The molecule has 106 valence electrons. The van der Waals surface area contributed by atoms with Gasteiger partial charge < -0.3 is 10.5 Å². The van der Waals surface area contributed by atoms with Crippen molar-refractivity contribution in [2.24, 2.45) is 0 Å². The maximum absolute atomic E-state index is 9.32. The van der Waals surface area contributed by atoms with Crippen LogP contribution in [0.1, 0.15) is 35.2 Å². The molecule has 1 aromatic carbocycles. The first-order valence-electron chi connectivity index (χ1n) is 7.15. The molecule has 0 amide bonds. The van der Waals surface area contributed by atoms with Gasteiger partial charge in [0.05, 0.1) is 5.69 Å². The summed E-state index contributed by atoms with van der Waals surface area (Å²) in [6.07, 6.45) is 4.23. The molecule has 0 fully saturated rings. The fourth-order valence-electron chi connectivity index (χ4n) is 2.62. The molecule has 0 saturated carbocycles. The Morgan fingerprint density at radius 2 is 2.10 bits per heavy atom. The normalized spacial score (nSPS) is 13.3. The molecule has 0 bridgehead atoms. The van der Waals surface area contributed by atoms with E-state index in [9.17, 15) is 5.26 Å². The van der Waals surface area contributed by atoms with E-state index >= 15 is 0 Å². The van der Waals surface area contributed by atoms with Crippen LogP contribution in [-0.4, -0.2) is 4.98 Å². The lowest BCUT2D eigenvalue weighted by Gasteiger charge is -2.17. The Hall–Kier alpha value is -2.54. The van der Waals surface area contributed by atoms with Crippen LogP contribution in [0.15, 0.2) is 24.3 Å². The van der Waals surface area contributed by atoms with Gasteiger partial charge in [-0.25, -0.2) is 4.98 Å². The number of hydrogen-bond donors (Lipinski definition) is 1. The topological polar surface area (TPSA) is 71.9 Å². The number of aryl methyl sites for hydroxylation is 3. The lowest BCUT2D eigenvalue weighted by Crippen LogP contribution is -2.08. The fourth-order valence-corrected chi connectivity index (χ4v) is 2.62. The molecule has 0 atom stereocenters. The van der Waals surface area contributed by atoms with Crippen LogP contribution in [0.25, 0.3) is 0 Å². The molecule has 21 heavy (non-hydrogen) atoms. The highest BCUT2D eigenvalue weighted by molar-refractivity contribution is 5.59. The van der Waals surface area contributed by atoms with E-state index in [4.69, 9.17) is 10.5 Å². The molecule has 3 rings (SSSR count). The Morgan fingerprint density at radius 1 is 1.29 bits per heavy atom. The summed E-state index contributed by atoms with van der Waals surface area (Å²) < 4.78 is 5.82. The van der Waals surface area contributed by atoms with Crippen LogP contribution >= 0.6 is 0 Å². The van der Waals surface area contributed by atoms with Crippen molar-refractivity contribution in [2.75, 3.05) is 5.73 Å². The maximum Gasteiger partial charge on any atom is 0.237 e. The van der Waals surface area contributed by atoms with Gasteiger partial charge in [-0.15, -0.1) is 0 Å². The first-order valence-corrected chi connectivity index (χ1v) is 7.15. The minimum absolute atomic E-state index is 0.357. The van der Waals surface area contributed by atoms with Gasteiger partial charge in [0.15, 0.2) is 5.75 Å². The molecular weight excluding hydrogens is 262 g/mol. The number of nitrogens with two attached hydrogens (primary N) is 1. The largest absolute Gasteiger partial charge is 0.435 e.